The van der Waals surface area contributed by atoms with Crippen molar-refractivity contribution in [1.29, 1.82) is 0 Å². The molecule has 0 N–H and O–H groups in total. The molecule has 0 unspecified atom stereocenters. The van der Waals surface area contributed by atoms with Gasteiger partial charge >= 0.3 is 12.7 Å². The van der Waals surface area contributed by atoms with Gasteiger partial charge in [-0.3, -0.25) is 0 Å². The van der Waals surface area contributed by atoms with Gasteiger partial charge in [0.2, 0.25) is 0 Å². The van der Waals surface area contributed by atoms with E-state index in [1.165, 1.54) is 76.3 Å². The van der Waals surface area contributed by atoms with Crippen LogP contribution in [0.1, 0.15) is 101 Å². The lowest BCUT2D eigenvalue weighted by molar-refractivity contribution is -0.185. The molecule has 7 heteroatoms. The maximum Gasteiger partial charge on any atom is 0.426 e. The van der Waals surface area contributed by atoms with E-state index in [9.17, 15) is 22.0 Å². The average Bonchev–Trinajstić information content (AvgIpc) is 2.91. The number of benzene rings is 2. The summed E-state index contributed by atoms with van der Waals surface area (Å²) in [7, 11) is 0. The molecule has 0 heterocycles. The van der Waals surface area contributed by atoms with Gasteiger partial charge in [-0.2, -0.15) is 17.6 Å². The van der Waals surface area contributed by atoms with Crippen molar-refractivity contribution >= 4 is 0 Å². The monoisotopic (exact) mass is 538 g/mol. The number of rotatable bonds is 11. The first-order chi connectivity index (χ1) is 18.2. The molecule has 210 valence electrons. The van der Waals surface area contributed by atoms with E-state index in [0.29, 0.717) is 12.0 Å². The van der Waals surface area contributed by atoms with E-state index >= 15 is 0 Å². The molecule has 2 aliphatic carbocycles. The zero-order chi connectivity index (χ0) is 27.1. The maximum absolute atomic E-state index is 14.7. The molecule has 2 fully saturated rings. The Morgan fingerprint density at radius 3 is 2.05 bits per heavy atom. The van der Waals surface area contributed by atoms with E-state index in [0.717, 1.165) is 48.3 Å². The van der Waals surface area contributed by atoms with Crippen LogP contribution in [0.25, 0.3) is 0 Å². The van der Waals surface area contributed by atoms with Crippen LogP contribution >= 0.6 is 0 Å². The summed E-state index contributed by atoms with van der Waals surface area (Å²) < 4.78 is 76.6. The second-order valence-corrected chi connectivity index (χ2v) is 11.1. The molecule has 0 spiro atoms. The second-order valence-electron chi connectivity index (χ2n) is 11.1. The van der Waals surface area contributed by atoms with E-state index in [1.54, 1.807) is 12.1 Å². The lowest BCUT2D eigenvalue weighted by Crippen LogP contribution is -2.25. The average molecular weight is 539 g/mol. The minimum atomic E-state index is -3.71. The summed E-state index contributed by atoms with van der Waals surface area (Å²) in [6.45, 7) is -0.957. The fourth-order valence-electron chi connectivity index (χ4n) is 6.45. The second kappa shape index (κ2) is 13.2. The van der Waals surface area contributed by atoms with Gasteiger partial charge in [0, 0.05) is 6.07 Å². The van der Waals surface area contributed by atoms with E-state index in [4.69, 9.17) is 4.74 Å². The van der Waals surface area contributed by atoms with Gasteiger partial charge in [-0.15, -0.1) is 0 Å². The molecule has 0 aliphatic heterocycles. The van der Waals surface area contributed by atoms with Gasteiger partial charge in [-0.1, -0.05) is 57.6 Å². The predicted octanol–water partition coefficient (Wildman–Crippen LogP) is 10.2. The quantitative estimate of drug-likeness (QED) is 0.209. The van der Waals surface area contributed by atoms with Crippen LogP contribution in [0.15, 0.2) is 42.5 Å². The van der Waals surface area contributed by atoms with Crippen molar-refractivity contribution in [3.05, 3.63) is 59.4 Å². The number of ether oxygens (including phenoxy) is 2. The van der Waals surface area contributed by atoms with Crippen LogP contribution < -0.4 is 9.47 Å². The molecule has 0 radical (unpaired) electrons. The highest BCUT2D eigenvalue weighted by Gasteiger charge is 2.36. The van der Waals surface area contributed by atoms with Crippen LogP contribution in [0, 0.1) is 23.6 Å². The molecule has 0 aromatic heterocycles. The lowest BCUT2D eigenvalue weighted by atomic mass is 9.68. The molecule has 2 aromatic carbocycles. The molecule has 2 saturated carbocycles. The van der Waals surface area contributed by atoms with Crippen LogP contribution in [-0.2, 0) is 6.11 Å². The Morgan fingerprint density at radius 2 is 1.47 bits per heavy atom. The Kier molecular flexibility index (Phi) is 9.94. The van der Waals surface area contributed by atoms with Crippen LogP contribution in [0.2, 0.25) is 0 Å². The molecule has 0 atom stereocenters. The summed E-state index contributed by atoms with van der Waals surface area (Å²) in [4.78, 5) is 0. The van der Waals surface area contributed by atoms with Gasteiger partial charge < -0.3 is 9.47 Å². The Bertz CT molecular complexity index is 994. The third-order valence-corrected chi connectivity index (χ3v) is 8.63. The molecule has 2 aliphatic rings. The fourth-order valence-corrected chi connectivity index (χ4v) is 6.45. The summed E-state index contributed by atoms with van der Waals surface area (Å²) in [5.41, 5.74) is 0.709. The Hall–Kier alpha value is -2.31. The minimum Gasteiger partial charge on any atom is -0.432 e. The predicted molar refractivity (Wildman–Crippen MR) is 138 cm³/mol. The van der Waals surface area contributed by atoms with Crippen LogP contribution in [-0.4, -0.2) is 6.61 Å². The lowest BCUT2D eigenvalue weighted by Gasteiger charge is -2.38. The molecule has 0 amide bonds. The highest BCUT2D eigenvalue weighted by Crippen LogP contribution is 2.45. The third-order valence-electron chi connectivity index (χ3n) is 8.63. The number of hydrogen-bond acceptors (Lipinski definition) is 2. The molecule has 0 bridgehead atoms. The van der Waals surface area contributed by atoms with Crippen molar-refractivity contribution in [2.24, 2.45) is 17.8 Å². The van der Waals surface area contributed by atoms with Gasteiger partial charge in [0.1, 0.15) is 5.75 Å². The maximum atomic E-state index is 14.7. The summed E-state index contributed by atoms with van der Waals surface area (Å²) in [5, 5.41) is 0. The van der Waals surface area contributed by atoms with Crippen LogP contribution in [0.4, 0.5) is 22.0 Å². The smallest absolute Gasteiger partial charge is 0.426 e. The highest BCUT2D eigenvalue weighted by molar-refractivity contribution is 5.34. The minimum absolute atomic E-state index is 0.348. The van der Waals surface area contributed by atoms with Crippen LogP contribution in [0.3, 0.4) is 0 Å². The molecular formula is C31H39F5O2. The van der Waals surface area contributed by atoms with E-state index in [-0.39, 0.29) is 5.56 Å². The number of hydrogen-bond donors (Lipinski definition) is 0. The summed E-state index contributed by atoms with van der Waals surface area (Å²) in [6, 6.07) is 8.60. The first kappa shape index (κ1) is 28.7. The Balaban J connectivity index is 1.27. The topological polar surface area (TPSA) is 18.5 Å². The molecule has 4 rings (SSSR count). The first-order valence-corrected chi connectivity index (χ1v) is 14.2. The third kappa shape index (κ3) is 7.63. The van der Waals surface area contributed by atoms with Crippen molar-refractivity contribution in [1.82, 2.24) is 0 Å². The normalized spacial score (nSPS) is 24.4. The summed E-state index contributed by atoms with van der Waals surface area (Å²) >= 11 is 0. The Morgan fingerprint density at radius 1 is 0.842 bits per heavy atom. The van der Waals surface area contributed by atoms with Gasteiger partial charge in [0.05, 0.1) is 5.56 Å². The van der Waals surface area contributed by atoms with Crippen LogP contribution in [0.5, 0.6) is 11.5 Å². The standard InChI is InChI=1S/C31H39F5O2/c1-2-3-4-5-21-6-8-22(9-7-21)23-10-12-24(13-11-23)25-14-16-26(17-15-25)31(35,36)38-27-18-19-29(28(32)20-27)37-30(33)34/h14-24,30H,2-13H2,1H3/t21-,22-,23-,24-. The first-order valence-electron chi connectivity index (χ1n) is 14.2. The van der Waals surface area contributed by atoms with E-state index in [1.807, 2.05) is 0 Å². The highest BCUT2D eigenvalue weighted by atomic mass is 19.3. The molecule has 2 aromatic rings. The van der Waals surface area contributed by atoms with Gasteiger partial charge in [0.15, 0.2) is 11.6 Å². The van der Waals surface area contributed by atoms with Crippen molar-refractivity contribution in [3.63, 3.8) is 0 Å². The van der Waals surface area contributed by atoms with Gasteiger partial charge in [-0.25, -0.2) is 4.39 Å². The van der Waals surface area contributed by atoms with Crippen molar-refractivity contribution in [2.45, 2.75) is 103 Å². The fraction of sp³-hybridized carbons (Fsp3) is 0.613. The van der Waals surface area contributed by atoms with Crippen molar-refractivity contribution in [3.8, 4) is 11.5 Å². The largest absolute Gasteiger partial charge is 0.432 e. The van der Waals surface area contributed by atoms with Crippen molar-refractivity contribution < 1.29 is 31.4 Å². The molecule has 2 nitrogen and oxygen atoms in total. The van der Waals surface area contributed by atoms with Crippen molar-refractivity contribution in [2.75, 3.05) is 0 Å². The summed E-state index contributed by atoms with van der Waals surface area (Å²) in [6.07, 6.45) is 11.8. The summed E-state index contributed by atoms with van der Waals surface area (Å²) in [5.74, 6) is 0.514. The number of halogens is 5. The number of alkyl halides is 4. The molecule has 0 saturated heterocycles. The van der Waals surface area contributed by atoms with E-state index in [2.05, 4.69) is 11.7 Å². The van der Waals surface area contributed by atoms with E-state index < -0.39 is 30.0 Å². The van der Waals surface area contributed by atoms with Gasteiger partial charge in [0.25, 0.3) is 0 Å². The van der Waals surface area contributed by atoms with Gasteiger partial charge in [-0.05, 0) is 92.0 Å². The SMILES string of the molecule is CCCCC[C@H]1CC[C@H]([C@H]2CC[C@H](c3ccc(C(F)(F)Oc4ccc(OC(F)F)c(F)c4)cc3)CC2)CC1. The zero-order valence-electron chi connectivity index (χ0n) is 22.1. The molecular weight excluding hydrogens is 499 g/mol. The number of unbranched alkanes of at least 4 members (excludes halogenated alkanes) is 2. The Labute approximate surface area is 222 Å². The molecule has 38 heavy (non-hydrogen) atoms. The zero-order valence-corrected chi connectivity index (χ0v) is 22.1.